The maximum absolute atomic E-state index is 13.3. The van der Waals surface area contributed by atoms with Crippen molar-refractivity contribution < 1.29 is 31.2 Å². The highest BCUT2D eigenvalue weighted by atomic mass is 35.5. The van der Waals surface area contributed by atoms with Crippen molar-refractivity contribution >= 4 is 66.6 Å². The first kappa shape index (κ1) is 32.9. The molecule has 0 aliphatic carbocycles. The minimum Gasteiger partial charge on any atom is -0.341 e. The molecule has 0 radical (unpaired) electrons. The van der Waals surface area contributed by atoms with Crippen LogP contribution in [0.5, 0.6) is 0 Å². The van der Waals surface area contributed by atoms with Gasteiger partial charge in [0, 0.05) is 68.4 Å². The van der Waals surface area contributed by atoms with Crippen LogP contribution in [0.3, 0.4) is 0 Å². The number of nitrogens with one attached hydrogen (secondary N) is 1. The maximum Gasteiger partial charge on any atom is 0.242 e. The lowest BCUT2D eigenvalue weighted by molar-refractivity contribution is -0.143. The smallest absolute Gasteiger partial charge is 0.242 e. The van der Waals surface area contributed by atoms with Crippen molar-refractivity contribution in [1.29, 1.82) is 0 Å². The summed E-state index contributed by atoms with van der Waals surface area (Å²) < 4.78 is 51.3. The lowest BCUT2D eigenvalue weighted by Crippen LogP contribution is -2.55. The Morgan fingerprint density at radius 1 is 1.12 bits per heavy atom. The molecule has 234 valence electrons. The number of hydrogen-bond donors (Lipinski definition) is 1. The van der Waals surface area contributed by atoms with E-state index in [1.807, 2.05) is 4.90 Å². The number of carbonyl (C=O) groups excluding carboxylic acids is 3. The largest absolute Gasteiger partial charge is 0.341 e. The number of sulfone groups is 1. The second-order valence-corrected chi connectivity index (χ2v) is 16.7. The number of nitrogens with zero attached hydrogens (tertiary/aromatic N) is 4. The SMILES string of the molecule is CN(C(=O)CS(C)(=O)=O)C1CCN(C[C@@H]2CCCN2C(=O)CN2CCC[C@H](NS(=O)(=O)/C=C/c3ccc(Cl)s3)C2=O)C1. The van der Waals surface area contributed by atoms with E-state index in [-0.39, 0.29) is 24.5 Å². The third-order valence-electron chi connectivity index (χ3n) is 7.91. The van der Waals surface area contributed by atoms with Crippen LogP contribution in [0, 0.1) is 0 Å². The zero-order valence-electron chi connectivity index (χ0n) is 23.8. The van der Waals surface area contributed by atoms with Crippen molar-refractivity contribution in [3.8, 4) is 0 Å². The van der Waals surface area contributed by atoms with Gasteiger partial charge in [0.05, 0.1) is 10.9 Å². The summed E-state index contributed by atoms with van der Waals surface area (Å²) >= 11 is 7.13. The number of likely N-dealkylation sites (tertiary alicyclic amines) is 3. The molecule has 4 heterocycles. The van der Waals surface area contributed by atoms with Crippen molar-refractivity contribution in [1.82, 2.24) is 24.3 Å². The average Bonchev–Trinajstić information content (AvgIpc) is 3.65. The van der Waals surface area contributed by atoms with E-state index in [1.54, 1.807) is 19.2 Å². The monoisotopic (exact) mass is 663 g/mol. The molecule has 42 heavy (non-hydrogen) atoms. The van der Waals surface area contributed by atoms with Crippen LogP contribution in [0.25, 0.3) is 6.08 Å². The van der Waals surface area contributed by atoms with E-state index in [9.17, 15) is 31.2 Å². The second-order valence-electron chi connectivity index (χ2n) is 11.2. The van der Waals surface area contributed by atoms with Crippen LogP contribution in [0.4, 0.5) is 0 Å². The number of carbonyl (C=O) groups is 3. The van der Waals surface area contributed by atoms with Crippen LogP contribution >= 0.6 is 22.9 Å². The van der Waals surface area contributed by atoms with Crippen LogP contribution in [-0.4, -0.2) is 131 Å². The maximum atomic E-state index is 13.3. The van der Waals surface area contributed by atoms with Crippen molar-refractivity contribution in [2.24, 2.45) is 0 Å². The highest BCUT2D eigenvalue weighted by Crippen LogP contribution is 2.24. The van der Waals surface area contributed by atoms with Gasteiger partial charge in [0.25, 0.3) is 0 Å². The standard InChI is InChI=1S/C26H38ClN5O7S3/c1-29(25(34)18-41(2,36)37)19-9-13-30(15-19)16-20-5-3-12-32(20)24(33)17-31-11-4-6-22(26(31)35)28-42(38,39)14-10-21-7-8-23(27)40-21/h7-8,10,14,19-20,22,28H,3-6,9,11-13,15-18H2,1-2H3/b14-10+/t19?,20-,22-/m0/s1. The Bertz CT molecular complexity index is 1410. The Labute approximate surface area is 256 Å². The summed E-state index contributed by atoms with van der Waals surface area (Å²) in [6, 6.07) is 2.32. The summed E-state index contributed by atoms with van der Waals surface area (Å²) in [7, 11) is -5.66. The molecule has 0 aromatic carbocycles. The molecule has 12 nitrogen and oxygen atoms in total. The molecule has 0 spiro atoms. The molecule has 16 heteroatoms. The van der Waals surface area contributed by atoms with E-state index >= 15 is 0 Å². The fourth-order valence-corrected chi connectivity index (χ4v) is 8.47. The molecule has 1 aromatic heterocycles. The molecule has 3 aliphatic rings. The first-order chi connectivity index (χ1) is 19.7. The summed E-state index contributed by atoms with van der Waals surface area (Å²) in [5, 5.41) is 1.02. The van der Waals surface area contributed by atoms with Crippen molar-refractivity contribution in [3.63, 3.8) is 0 Å². The van der Waals surface area contributed by atoms with Crippen LogP contribution in [0.15, 0.2) is 17.5 Å². The molecule has 0 saturated carbocycles. The average molecular weight is 664 g/mol. The molecular formula is C26H38ClN5O7S3. The van der Waals surface area contributed by atoms with E-state index in [1.165, 1.54) is 27.2 Å². The predicted octanol–water partition coefficient (Wildman–Crippen LogP) is 0.851. The number of hydrogen-bond acceptors (Lipinski definition) is 9. The zero-order valence-corrected chi connectivity index (χ0v) is 27.0. The van der Waals surface area contributed by atoms with Crippen LogP contribution in [0.1, 0.15) is 37.0 Å². The Morgan fingerprint density at radius 2 is 1.86 bits per heavy atom. The van der Waals surface area contributed by atoms with E-state index in [0.29, 0.717) is 48.2 Å². The van der Waals surface area contributed by atoms with Gasteiger partial charge in [0.1, 0.15) is 11.8 Å². The van der Waals surface area contributed by atoms with Gasteiger partial charge in [-0.2, -0.15) is 4.72 Å². The highest BCUT2D eigenvalue weighted by Gasteiger charge is 2.37. The third kappa shape index (κ3) is 8.99. The number of halogens is 1. The fourth-order valence-electron chi connectivity index (χ4n) is 5.75. The van der Waals surface area contributed by atoms with Gasteiger partial charge in [-0.3, -0.25) is 19.3 Å². The summed E-state index contributed by atoms with van der Waals surface area (Å²) in [6.45, 7) is 2.83. The first-order valence-corrected chi connectivity index (χ1v) is 18.7. The topological polar surface area (TPSA) is 144 Å². The lowest BCUT2D eigenvalue weighted by atomic mass is 10.1. The van der Waals surface area contributed by atoms with Crippen LogP contribution in [-0.2, 0) is 34.2 Å². The van der Waals surface area contributed by atoms with Crippen molar-refractivity contribution in [3.05, 3.63) is 26.8 Å². The van der Waals surface area contributed by atoms with Gasteiger partial charge in [0.2, 0.25) is 27.7 Å². The molecule has 3 amide bonds. The van der Waals surface area contributed by atoms with Crippen LogP contribution in [0.2, 0.25) is 4.34 Å². The van der Waals surface area contributed by atoms with Crippen molar-refractivity contribution in [2.75, 3.05) is 58.3 Å². The molecule has 1 N–H and O–H groups in total. The number of rotatable bonds is 11. The highest BCUT2D eigenvalue weighted by molar-refractivity contribution is 7.92. The number of likely N-dealkylation sites (N-methyl/N-ethyl adjacent to an activating group) is 1. The van der Waals surface area contributed by atoms with Gasteiger partial charge in [-0.15, -0.1) is 11.3 Å². The van der Waals surface area contributed by atoms with Crippen LogP contribution < -0.4 is 4.72 Å². The van der Waals surface area contributed by atoms with Gasteiger partial charge in [-0.25, -0.2) is 16.8 Å². The van der Waals surface area contributed by atoms with E-state index < -0.39 is 43.5 Å². The number of piperidine rings is 1. The summed E-state index contributed by atoms with van der Waals surface area (Å²) in [6.07, 6.45) is 5.79. The molecule has 3 atom stereocenters. The van der Waals surface area contributed by atoms with E-state index in [4.69, 9.17) is 11.6 Å². The molecule has 3 fully saturated rings. The van der Waals surface area contributed by atoms with Gasteiger partial charge in [0.15, 0.2) is 9.84 Å². The Hall–Kier alpha value is -2.04. The van der Waals surface area contributed by atoms with Gasteiger partial charge in [-0.1, -0.05) is 11.6 Å². The Kier molecular flexibility index (Phi) is 10.7. The lowest BCUT2D eigenvalue weighted by Gasteiger charge is -2.34. The fraction of sp³-hybridized carbons (Fsp3) is 0.654. The van der Waals surface area contributed by atoms with E-state index in [2.05, 4.69) is 9.62 Å². The minimum absolute atomic E-state index is 0.0293. The van der Waals surface area contributed by atoms with E-state index in [0.717, 1.165) is 37.5 Å². The Balaban J connectivity index is 1.29. The number of thiophene rings is 1. The van der Waals surface area contributed by atoms with Gasteiger partial charge >= 0.3 is 0 Å². The molecule has 3 aliphatic heterocycles. The molecular weight excluding hydrogens is 626 g/mol. The molecule has 1 unspecified atom stereocenters. The summed E-state index contributed by atoms with van der Waals surface area (Å²) in [4.78, 5) is 46.4. The third-order valence-corrected chi connectivity index (χ3v) is 11.0. The zero-order chi connectivity index (χ0) is 30.7. The Morgan fingerprint density at radius 3 is 2.55 bits per heavy atom. The van der Waals surface area contributed by atoms with Crippen molar-refractivity contribution in [2.45, 2.75) is 50.2 Å². The molecule has 4 rings (SSSR count). The summed E-state index contributed by atoms with van der Waals surface area (Å²) in [5.41, 5.74) is 0. The quantitative estimate of drug-likeness (QED) is 0.367. The molecule has 3 saturated heterocycles. The number of sulfonamides is 1. The second kappa shape index (κ2) is 13.7. The van der Waals surface area contributed by atoms with Gasteiger partial charge < -0.3 is 14.7 Å². The minimum atomic E-state index is -3.89. The molecule has 1 aromatic rings. The van der Waals surface area contributed by atoms with Gasteiger partial charge in [-0.05, 0) is 50.3 Å². The number of amides is 3. The first-order valence-electron chi connectivity index (χ1n) is 13.9. The molecule has 0 bridgehead atoms. The normalized spacial score (nSPS) is 24.2. The summed E-state index contributed by atoms with van der Waals surface area (Å²) in [5.74, 6) is -1.51. The predicted molar refractivity (Wildman–Crippen MR) is 162 cm³/mol.